The Morgan fingerprint density at radius 2 is 2.03 bits per heavy atom. The van der Waals surface area contributed by atoms with Crippen LogP contribution in [0.2, 0.25) is 5.02 Å². The molecule has 4 rings (SSSR count). The van der Waals surface area contributed by atoms with Gasteiger partial charge in [-0.1, -0.05) is 38.4 Å². The van der Waals surface area contributed by atoms with Crippen molar-refractivity contribution in [1.82, 2.24) is 4.98 Å². The number of hydrogen-bond donors (Lipinski definition) is 3. The van der Waals surface area contributed by atoms with E-state index >= 15 is 0 Å². The van der Waals surface area contributed by atoms with Gasteiger partial charge in [0.1, 0.15) is 11.6 Å². The number of halogens is 1. The number of phenolic OH excluding ortho intramolecular Hbond substituents is 1. The minimum absolute atomic E-state index is 0.0614. The Morgan fingerprint density at radius 1 is 1.36 bits per heavy atom. The monoisotopic (exact) mass is 472 g/mol. The number of hydrogen-bond acceptors (Lipinski definition) is 5. The van der Waals surface area contributed by atoms with E-state index in [-0.39, 0.29) is 17.1 Å². The topological polar surface area (TPSA) is 120 Å². The number of benzene rings is 1. The number of aromatic hydroxyl groups is 1. The summed E-state index contributed by atoms with van der Waals surface area (Å²) in [6.45, 7) is 8.44. The van der Waals surface area contributed by atoms with Gasteiger partial charge in [-0.2, -0.15) is 0 Å². The van der Waals surface area contributed by atoms with Gasteiger partial charge in [-0.15, -0.1) is 0 Å². The number of carbonyl (C=O) groups excluding carboxylic acids is 2. The van der Waals surface area contributed by atoms with Crippen LogP contribution in [0.5, 0.6) is 5.75 Å². The standard InChI is InChI=1S/C11H13NO.C10H11ClN2O.C4H9NO/c1-7(12)10-6-9(8-2-3-8)4-5-11(10)13;1-10(2)5-13(6-14)9-8(10)3-7(11)4-12-9;1-2-3-4(5)6/h4-6,8,12-13H,2-3H2,1H3;3-4,6H,5H2,1-2H3;2-3H2,1H3,(H2,5,6). The Balaban J connectivity index is 0.000000190. The molecule has 2 aromatic rings. The van der Waals surface area contributed by atoms with Gasteiger partial charge in [-0.25, -0.2) is 4.98 Å². The fourth-order valence-corrected chi connectivity index (χ4v) is 3.76. The molecular weight excluding hydrogens is 440 g/mol. The fraction of sp³-hybridized carbons (Fsp3) is 0.440. The highest BCUT2D eigenvalue weighted by molar-refractivity contribution is 6.30. The summed E-state index contributed by atoms with van der Waals surface area (Å²) in [5.74, 6) is 1.42. The maximum absolute atomic E-state index is 10.8. The number of rotatable bonds is 5. The Kier molecular flexibility index (Phi) is 8.99. The molecule has 7 nitrogen and oxygen atoms in total. The predicted molar refractivity (Wildman–Crippen MR) is 132 cm³/mol. The lowest BCUT2D eigenvalue weighted by atomic mass is 9.88. The molecule has 0 unspecified atom stereocenters. The molecule has 178 valence electrons. The molecule has 33 heavy (non-hydrogen) atoms. The van der Waals surface area contributed by atoms with E-state index in [1.165, 1.54) is 18.4 Å². The molecule has 2 amide bonds. The lowest BCUT2D eigenvalue weighted by molar-refractivity contribution is -0.118. The molecule has 1 saturated carbocycles. The van der Waals surface area contributed by atoms with E-state index in [0.717, 1.165) is 24.2 Å². The first-order valence-corrected chi connectivity index (χ1v) is 11.4. The zero-order chi connectivity index (χ0) is 24.8. The van der Waals surface area contributed by atoms with Crippen LogP contribution in [0.4, 0.5) is 5.82 Å². The van der Waals surface area contributed by atoms with Crippen LogP contribution in [0.1, 0.15) is 76.0 Å². The van der Waals surface area contributed by atoms with Crippen molar-refractivity contribution in [2.45, 2.75) is 64.7 Å². The molecule has 1 aliphatic heterocycles. The van der Waals surface area contributed by atoms with E-state index < -0.39 is 0 Å². The lowest BCUT2D eigenvalue weighted by Crippen LogP contribution is -2.27. The average Bonchev–Trinajstić information content (AvgIpc) is 3.55. The van der Waals surface area contributed by atoms with Gasteiger partial charge in [0.2, 0.25) is 12.3 Å². The molecule has 0 radical (unpaired) electrons. The molecule has 1 aromatic heterocycles. The summed E-state index contributed by atoms with van der Waals surface area (Å²) in [5, 5.41) is 17.6. The van der Waals surface area contributed by atoms with E-state index in [1.54, 1.807) is 24.1 Å². The summed E-state index contributed by atoms with van der Waals surface area (Å²) in [5.41, 5.74) is 8.11. The number of nitrogens with two attached hydrogens (primary N) is 1. The number of phenols is 1. The van der Waals surface area contributed by atoms with Crippen molar-refractivity contribution in [2.75, 3.05) is 11.4 Å². The van der Waals surface area contributed by atoms with Crippen LogP contribution in [0.25, 0.3) is 0 Å². The Hall–Kier alpha value is -2.93. The minimum atomic E-state index is -0.211. The number of carbonyl (C=O) groups is 2. The first kappa shape index (κ1) is 26.3. The van der Waals surface area contributed by atoms with E-state index in [1.807, 2.05) is 25.1 Å². The highest BCUT2D eigenvalue weighted by Crippen LogP contribution is 2.41. The molecule has 0 saturated heterocycles. The van der Waals surface area contributed by atoms with Crippen molar-refractivity contribution >= 4 is 35.4 Å². The van der Waals surface area contributed by atoms with Crippen molar-refractivity contribution < 1.29 is 14.7 Å². The number of pyridine rings is 1. The molecule has 4 N–H and O–H groups in total. The van der Waals surface area contributed by atoms with Gasteiger partial charge >= 0.3 is 0 Å². The van der Waals surface area contributed by atoms with E-state index in [9.17, 15) is 14.7 Å². The average molecular weight is 473 g/mol. The summed E-state index contributed by atoms with van der Waals surface area (Å²) in [6.07, 6.45) is 6.25. The predicted octanol–water partition coefficient (Wildman–Crippen LogP) is 4.92. The molecule has 2 aliphatic rings. The number of aromatic nitrogens is 1. The Bertz CT molecular complexity index is 1020. The van der Waals surface area contributed by atoms with E-state index in [2.05, 4.69) is 18.8 Å². The zero-order valence-electron chi connectivity index (χ0n) is 19.7. The molecule has 8 heteroatoms. The number of nitrogens with one attached hydrogen (secondary N) is 1. The van der Waals surface area contributed by atoms with Crippen molar-refractivity contribution in [3.05, 3.63) is 52.2 Å². The van der Waals surface area contributed by atoms with Crippen LogP contribution in [-0.2, 0) is 15.0 Å². The van der Waals surface area contributed by atoms with Crippen molar-refractivity contribution in [3.63, 3.8) is 0 Å². The number of nitrogens with zero attached hydrogens (tertiary/aromatic N) is 2. The first-order chi connectivity index (χ1) is 15.5. The van der Waals surface area contributed by atoms with E-state index in [4.69, 9.17) is 22.7 Å². The highest BCUT2D eigenvalue weighted by atomic mass is 35.5. The highest BCUT2D eigenvalue weighted by Gasteiger charge is 2.36. The molecule has 1 aliphatic carbocycles. The summed E-state index contributed by atoms with van der Waals surface area (Å²) in [7, 11) is 0. The van der Waals surface area contributed by atoms with Crippen LogP contribution in [0, 0.1) is 5.41 Å². The number of primary amides is 1. The van der Waals surface area contributed by atoms with Gasteiger partial charge in [0.05, 0.1) is 5.02 Å². The maximum atomic E-state index is 10.8. The summed E-state index contributed by atoms with van der Waals surface area (Å²) >= 11 is 5.87. The van der Waals surface area contributed by atoms with Gasteiger partial charge < -0.3 is 16.2 Å². The second-order valence-electron chi connectivity index (χ2n) is 9.03. The van der Waals surface area contributed by atoms with Gasteiger partial charge in [-0.05, 0) is 55.9 Å². The second-order valence-corrected chi connectivity index (χ2v) is 9.47. The quantitative estimate of drug-likeness (QED) is 0.422. The molecule has 0 atom stereocenters. The normalized spacial score (nSPS) is 15.4. The molecule has 1 fully saturated rings. The van der Waals surface area contributed by atoms with Crippen molar-refractivity contribution in [2.24, 2.45) is 5.73 Å². The van der Waals surface area contributed by atoms with Crippen LogP contribution < -0.4 is 10.6 Å². The Labute approximate surface area is 200 Å². The van der Waals surface area contributed by atoms with Gasteiger partial charge in [0.25, 0.3) is 0 Å². The summed E-state index contributed by atoms with van der Waals surface area (Å²) in [4.78, 5) is 26.4. The summed E-state index contributed by atoms with van der Waals surface area (Å²) < 4.78 is 0. The number of fused-ring (bicyclic) bond motifs is 1. The third-order valence-electron chi connectivity index (χ3n) is 5.50. The smallest absolute Gasteiger partial charge is 0.217 e. The van der Waals surface area contributed by atoms with E-state index in [0.29, 0.717) is 35.2 Å². The third-order valence-corrected chi connectivity index (χ3v) is 5.70. The fourth-order valence-electron chi connectivity index (χ4n) is 3.60. The Morgan fingerprint density at radius 3 is 2.52 bits per heavy atom. The largest absolute Gasteiger partial charge is 0.507 e. The van der Waals surface area contributed by atoms with Crippen LogP contribution in [0.15, 0.2) is 30.5 Å². The molecule has 0 spiro atoms. The van der Waals surface area contributed by atoms with Gasteiger partial charge in [0.15, 0.2) is 0 Å². The maximum Gasteiger partial charge on any atom is 0.217 e. The van der Waals surface area contributed by atoms with Crippen molar-refractivity contribution in [3.8, 4) is 5.75 Å². The van der Waals surface area contributed by atoms with Gasteiger partial charge in [0, 0.05) is 41.4 Å². The summed E-state index contributed by atoms with van der Waals surface area (Å²) in [6, 6.07) is 7.48. The number of anilines is 1. The molecular formula is C25H33ClN4O3. The first-order valence-electron chi connectivity index (χ1n) is 11.0. The molecule has 2 heterocycles. The SMILES string of the molecule is CC(=N)c1cc(C2CC2)ccc1O.CC1(C)CN(C=O)c2ncc(Cl)cc21.CCCC(N)=O. The van der Waals surface area contributed by atoms with Crippen molar-refractivity contribution in [1.29, 1.82) is 5.41 Å². The third kappa shape index (κ3) is 7.29. The lowest BCUT2D eigenvalue weighted by Gasteiger charge is -2.17. The number of amides is 2. The van der Waals surface area contributed by atoms with Crippen LogP contribution >= 0.6 is 11.6 Å². The van der Waals surface area contributed by atoms with Crippen LogP contribution in [-0.4, -0.2) is 34.7 Å². The minimum Gasteiger partial charge on any atom is -0.507 e. The van der Waals surface area contributed by atoms with Gasteiger partial charge in [-0.3, -0.25) is 14.5 Å². The molecule has 0 bridgehead atoms. The zero-order valence-corrected chi connectivity index (χ0v) is 20.4. The second kappa shape index (κ2) is 11.3. The molecule has 1 aromatic carbocycles. The van der Waals surface area contributed by atoms with Crippen LogP contribution in [0.3, 0.4) is 0 Å².